The lowest BCUT2D eigenvalue weighted by Gasteiger charge is -2.18. The van der Waals surface area contributed by atoms with Crippen LogP contribution in [0.5, 0.6) is 0 Å². The summed E-state index contributed by atoms with van der Waals surface area (Å²) in [5, 5.41) is 0. The highest BCUT2D eigenvalue weighted by Gasteiger charge is 2.19. The van der Waals surface area contributed by atoms with Crippen LogP contribution in [0, 0.1) is 0 Å². The fraction of sp³-hybridized carbons (Fsp3) is 0.333. The van der Waals surface area contributed by atoms with E-state index in [2.05, 4.69) is 0 Å². The van der Waals surface area contributed by atoms with Gasteiger partial charge in [0.15, 0.2) is 0 Å². The van der Waals surface area contributed by atoms with Crippen LogP contribution in [-0.2, 0) is 9.53 Å². The molecule has 1 unspecified atom stereocenters. The highest BCUT2D eigenvalue weighted by molar-refractivity contribution is 5.65. The smallest absolute Gasteiger partial charge is 0.133 e. The average Bonchev–Trinajstić information content (AvgIpc) is 2.04. The van der Waals surface area contributed by atoms with Gasteiger partial charge in [0.1, 0.15) is 12.0 Å². The van der Waals surface area contributed by atoms with Gasteiger partial charge in [-0.3, -0.25) is 0 Å². The monoisotopic (exact) mass is 180 g/mol. The maximum absolute atomic E-state index is 10.5. The summed E-state index contributed by atoms with van der Waals surface area (Å²) < 4.78 is 5.25. The van der Waals surface area contributed by atoms with E-state index in [1.807, 2.05) is 6.92 Å². The fourth-order valence-corrected chi connectivity index (χ4v) is 1.16. The van der Waals surface area contributed by atoms with Crippen molar-refractivity contribution in [2.24, 2.45) is 11.5 Å². The third kappa shape index (κ3) is 1.99. The standard InChI is InChI=1S/C9H12N2O2/c1-2-13-9-4-6(10)3-8(11)7(9)5-12/h3-4,9H,2,10-11H2,1H3. The van der Waals surface area contributed by atoms with E-state index in [0.29, 0.717) is 23.6 Å². The number of rotatable bonds is 2. The molecule has 0 radical (unpaired) electrons. The maximum Gasteiger partial charge on any atom is 0.133 e. The molecule has 0 aromatic carbocycles. The van der Waals surface area contributed by atoms with E-state index in [9.17, 15) is 4.79 Å². The molecule has 0 bridgehead atoms. The van der Waals surface area contributed by atoms with Crippen molar-refractivity contribution in [2.75, 3.05) is 6.61 Å². The van der Waals surface area contributed by atoms with Crippen molar-refractivity contribution in [1.29, 1.82) is 0 Å². The predicted octanol–water partition coefficient (Wildman–Crippen LogP) is -0.152. The highest BCUT2D eigenvalue weighted by Crippen LogP contribution is 2.18. The molecule has 0 aromatic heterocycles. The molecule has 0 saturated heterocycles. The van der Waals surface area contributed by atoms with Crippen LogP contribution in [0.25, 0.3) is 0 Å². The Hall–Kier alpha value is -1.51. The molecule has 4 heteroatoms. The van der Waals surface area contributed by atoms with Crippen LogP contribution < -0.4 is 11.5 Å². The minimum absolute atomic E-state index is 0.316. The summed E-state index contributed by atoms with van der Waals surface area (Å²) in [7, 11) is 0. The Bertz CT molecular complexity index is 312. The van der Waals surface area contributed by atoms with Crippen LogP contribution in [0.15, 0.2) is 29.1 Å². The Morgan fingerprint density at radius 1 is 1.62 bits per heavy atom. The van der Waals surface area contributed by atoms with Crippen LogP contribution in [0.2, 0.25) is 0 Å². The molecular weight excluding hydrogens is 168 g/mol. The molecule has 0 aliphatic heterocycles. The van der Waals surface area contributed by atoms with E-state index in [-0.39, 0.29) is 0 Å². The largest absolute Gasteiger partial charge is 0.399 e. The third-order valence-corrected chi connectivity index (χ3v) is 1.72. The van der Waals surface area contributed by atoms with E-state index in [1.54, 1.807) is 12.0 Å². The van der Waals surface area contributed by atoms with Crippen molar-refractivity contribution in [1.82, 2.24) is 0 Å². The van der Waals surface area contributed by atoms with Crippen molar-refractivity contribution in [3.63, 3.8) is 0 Å². The van der Waals surface area contributed by atoms with Gasteiger partial charge in [0, 0.05) is 12.3 Å². The first-order valence-electron chi connectivity index (χ1n) is 4.00. The van der Waals surface area contributed by atoms with E-state index in [1.165, 1.54) is 6.08 Å². The Kier molecular flexibility index (Phi) is 2.90. The molecule has 70 valence electrons. The molecule has 0 spiro atoms. The van der Waals surface area contributed by atoms with Gasteiger partial charge in [-0.2, -0.15) is 0 Å². The zero-order chi connectivity index (χ0) is 9.84. The summed E-state index contributed by atoms with van der Waals surface area (Å²) in [6.45, 7) is 2.33. The van der Waals surface area contributed by atoms with Gasteiger partial charge in [0.25, 0.3) is 0 Å². The van der Waals surface area contributed by atoms with E-state index in [0.717, 1.165) is 0 Å². The van der Waals surface area contributed by atoms with Crippen molar-refractivity contribution in [3.8, 4) is 0 Å². The van der Waals surface area contributed by atoms with Crippen molar-refractivity contribution in [3.05, 3.63) is 29.1 Å². The predicted molar refractivity (Wildman–Crippen MR) is 49.2 cm³/mol. The second-order valence-corrected chi connectivity index (χ2v) is 2.66. The van der Waals surface area contributed by atoms with Gasteiger partial charge in [-0.25, -0.2) is 4.79 Å². The van der Waals surface area contributed by atoms with Gasteiger partial charge in [-0.15, -0.1) is 0 Å². The molecule has 0 saturated carbocycles. The molecule has 0 amide bonds. The number of allylic oxidation sites excluding steroid dienone is 1. The molecule has 0 fully saturated rings. The first-order chi connectivity index (χ1) is 6.19. The molecule has 1 aliphatic carbocycles. The van der Waals surface area contributed by atoms with Crippen LogP contribution >= 0.6 is 0 Å². The summed E-state index contributed by atoms with van der Waals surface area (Å²) in [6.07, 6.45) is 2.71. The summed E-state index contributed by atoms with van der Waals surface area (Å²) >= 11 is 0. The van der Waals surface area contributed by atoms with E-state index < -0.39 is 6.10 Å². The quantitative estimate of drug-likeness (QED) is 0.579. The minimum Gasteiger partial charge on any atom is -0.399 e. The van der Waals surface area contributed by atoms with Crippen LogP contribution in [0.4, 0.5) is 0 Å². The number of nitrogens with two attached hydrogens (primary N) is 2. The number of hydrogen-bond donors (Lipinski definition) is 2. The molecule has 1 rings (SSSR count). The van der Waals surface area contributed by atoms with E-state index in [4.69, 9.17) is 16.2 Å². The second kappa shape index (κ2) is 3.94. The summed E-state index contributed by atoms with van der Waals surface area (Å²) in [6, 6.07) is 0. The van der Waals surface area contributed by atoms with Gasteiger partial charge >= 0.3 is 0 Å². The minimum atomic E-state index is -0.451. The molecule has 4 nitrogen and oxygen atoms in total. The summed E-state index contributed by atoms with van der Waals surface area (Å²) in [5.41, 5.74) is 12.3. The number of hydrogen-bond acceptors (Lipinski definition) is 4. The Balaban J connectivity index is 2.97. The Morgan fingerprint density at radius 3 is 2.85 bits per heavy atom. The van der Waals surface area contributed by atoms with Crippen molar-refractivity contribution in [2.45, 2.75) is 13.0 Å². The van der Waals surface area contributed by atoms with E-state index >= 15 is 0 Å². The number of carbonyl (C=O) groups excluding carboxylic acids is 1. The average molecular weight is 180 g/mol. The summed E-state index contributed by atoms with van der Waals surface area (Å²) in [5.74, 6) is 1.76. The second-order valence-electron chi connectivity index (χ2n) is 2.66. The molecule has 1 atom stereocenters. The van der Waals surface area contributed by atoms with Crippen molar-refractivity contribution >= 4 is 5.94 Å². The maximum atomic E-state index is 10.5. The van der Waals surface area contributed by atoms with Gasteiger partial charge in [-0.1, -0.05) is 0 Å². The van der Waals surface area contributed by atoms with Crippen LogP contribution in [-0.4, -0.2) is 18.7 Å². The number of ether oxygens (including phenoxy) is 1. The van der Waals surface area contributed by atoms with Gasteiger partial charge < -0.3 is 16.2 Å². The molecular formula is C9H12N2O2. The molecule has 4 N–H and O–H groups in total. The fourth-order valence-electron chi connectivity index (χ4n) is 1.16. The first kappa shape index (κ1) is 9.58. The SMILES string of the molecule is CCOC1C=C(N)C=C(N)C1=C=O. The Labute approximate surface area is 76.5 Å². The zero-order valence-corrected chi connectivity index (χ0v) is 7.41. The highest BCUT2D eigenvalue weighted by atomic mass is 16.5. The normalized spacial score (nSPS) is 21.9. The molecule has 0 heterocycles. The third-order valence-electron chi connectivity index (χ3n) is 1.72. The summed E-state index contributed by atoms with van der Waals surface area (Å²) in [4.78, 5) is 10.5. The van der Waals surface area contributed by atoms with Gasteiger partial charge in [0.2, 0.25) is 0 Å². The van der Waals surface area contributed by atoms with Crippen molar-refractivity contribution < 1.29 is 9.53 Å². The van der Waals surface area contributed by atoms with Gasteiger partial charge in [0.05, 0.1) is 11.3 Å². The zero-order valence-electron chi connectivity index (χ0n) is 7.41. The molecule has 13 heavy (non-hydrogen) atoms. The first-order valence-corrected chi connectivity index (χ1v) is 4.00. The van der Waals surface area contributed by atoms with Gasteiger partial charge in [-0.05, 0) is 19.1 Å². The lowest BCUT2D eigenvalue weighted by Crippen LogP contribution is -2.24. The lowest BCUT2D eigenvalue weighted by molar-refractivity contribution is 0.121. The molecule has 0 aromatic rings. The lowest BCUT2D eigenvalue weighted by atomic mass is 10.0. The van der Waals surface area contributed by atoms with Crippen LogP contribution in [0.1, 0.15) is 6.92 Å². The molecule has 1 aliphatic rings. The van der Waals surface area contributed by atoms with Crippen LogP contribution in [0.3, 0.4) is 0 Å². The topological polar surface area (TPSA) is 78.3 Å². The Morgan fingerprint density at radius 2 is 2.31 bits per heavy atom.